The van der Waals surface area contributed by atoms with Gasteiger partial charge in [0.2, 0.25) is 0 Å². The van der Waals surface area contributed by atoms with Crippen LogP contribution in [0.3, 0.4) is 0 Å². The van der Waals surface area contributed by atoms with Crippen molar-refractivity contribution in [3.05, 3.63) is 43.1 Å². The average Bonchev–Trinajstić information content (AvgIpc) is 2.76. The van der Waals surface area contributed by atoms with Crippen LogP contribution in [0.15, 0.2) is 24.3 Å². The Balaban J connectivity index is -0.000000216. The summed E-state index contributed by atoms with van der Waals surface area (Å²) < 4.78 is 15.0. The molecule has 0 N–H and O–H groups in total. The third-order valence-electron chi connectivity index (χ3n) is 1.31. The van der Waals surface area contributed by atoms with Gasteiger partial charge in [0.15, 0.2) is 0 Å². The summed E-state index contributed by atoms with van der Waals surface area (Å²) in [4.78, 5) is 10.9. The van der Waals surface area contributed by atoms with Crippen LogP contribution in [0.2, 0.25) is 0 Å². The Morgan fingerprint density at radius 3 is 1.86 bits per heavy atom. The van der Waals surface area contributed by atoms with E-state index in [1.807, 2.05) is 31.2 Å². The van der Waals surface area contributed by atoms with Crippen molar-refractivity contribution >= 4 is 5.78 Å². The molecule has 0 bridgehead atoms. The summed E-state index contributed by atoms with van der Waals surface area (Å²) in [6, 6.07) is 7.43. The molecule has 0 saturated carbocycles. The van der Waals surface area contributed by atoms with Crippen LogP contribution in [-0.2, 0) is 26.1 Å². The molecule has 0 heterocycles. The maximum atomic E-state index is 10.9. The number of rotatable bonds is 2. The second kappa shape index (κ2) is 14.5. The number of hydrogen-bond acceptors (Lipinski definition) is 1. The van der Waals surface area contributed by atoms with Gasteiger partial charge in [-0.15, -0.1) is 0 Å². The molecule has 0 saturated heterocycles. The second-order valence-electron chi connectivity index (χ2n) is 1.95. The SMILES string of the molecule is CCC(=O)[c-]1cccc1.[C-]#[O+].[C-]#[O+].[Co]. The zero-order chi connectivity index (χ0) is 10.7. The van der Waals surface area contributed by atoms with E-state index in [9.17, 15) is 4.79 Å². The summed E-state index contributed by atoms with van der Waals surface area (Å²) in [5.41, 5.74) is 0.831. The van der Waals surface area contributed by atoms with E-state index in [2.05, 4.69) is 13.3 Å². The van der Waals surface area contributed by atoms with Gasteiger partial charge in [0, 0.05) is 16.8 Å². The molecule has 3 nitrogen and oxygen atoms in total. The zero-order valence-electron chi connectivity index (χ0n) is 7.57. The van der Waals surface area contributed by atoms with E-state index in [-0.39, 0.29) is 22.6 Å². The number of carbonyl (C=O) groups excluding carboxylic acids is 1. The Hall–Kier alpha value is -0.994. The molecule has 1 aromatic carbocycles. The van der Waals surface area contributed by atoms with E-state index in [0.717, 1.165) is 5.56 Å². The first kappa shape index (κ1) is 18.7. The first-order valence-corrected chi connectivity index (χ1v) is 3.50. The normalized spacial score (nSPS) is 6.36. The van der Waals surface area contributed by atoms with Crippen LogP contribution in [0, 0.1) is 13.3 Å². The minimum absolute atomic E-state index is 0. The van der Waals surface area contributed by atoms with E-state index >= 15 is 0 Å². The molecule has 77 valence electrons. The van der Waals surface area contributed by atoms with Crippen molar-refractivity contribution in [2.24, 2.45) is 0 Å². The molecule has 0 unspecified atom stereocenters. The van der Waals surface area contributed by atoms with Crippen LogP contribution in [0.1, 0.15) is 23.7 Å². The fourth-order valence-electron chi connectivity index (χ4n) is 0.764. The predicted molar refractivity (Wildman–Crippen MR) is 44.5 cm³/mol. The van der Waals surface area contributed by atoms with Gasteiger partial charge in [-0.3, -0.25) is 0 Å². The molecule has 0 amide bonds. The fourth-order valence-corrected chi connectivity index (χ4v) is 0.764. The van der Waals surface area contributed by atoms with E-state index in [1.54, 1.807) is 0 Å². The van der Waals surface area contributed by atoms with E-state index in [1.165, 1.54) is 0 Å². The van der Waals surface area contributed by atoms with Crippen molar-refractivity contribution in [3.63, 3.8) is 0 Å². The Morgan fingerprint density at radius 1 is 1.21 bits per heavy atom. The minimum Gasteiger partial charge on any atom is 0 e. The maximum absolute atomic E-state index is 10.9. The molecule has 0 aliphatic heterocycles. The van der Waals surface area contributed by atoms with Crippen molar-refractivity contribution < 1.29 is 30.9 Å². The van der Waals surface area contributed by atoms with Gasteiger partial charge in [0.05, 0.1) is 0 Å². The molecule has 0 spiro atoms. The van der Waals surface area contributed by atoms with Gasteiger partial charge < -0.3 is 4.79 Å². The first-order chi connectivity index (χ1) is 6.34. The summed E-state index contributed by atoms with van der Waals surface area (Å²) in [6.45, 7) is 10.9. The third kappa shape index (κ3) is 7.65. The molecule has 0 aliphatic rings. The fraction of sp³-hybridized carbons (Fsp3) is 0.200. The van der Waals surface area contributed by atoms with E-state index < -0.39 is 0 Å². The zero-order valence-corrected chi connectivity index (χ0v) is 8.62. The predicted octanol–water partition coefficient (Wildman–Crippen LogP) is 1.92. The smallest absolute Gasteiger partial charge is 0 e. The molecule has 0 atom stereocenters. The van der Waals surface area contributed by atoms with Crippen LogP contribution >= 0.6 is 0 Å². The Kier molecular flexibility index (Phi) is 19.4. The molecule has 0 fully saturated rings. The summed E-state index contributed by atoms with van der Waals surface area (Å²) in [5.74, 6) is 0.222. The van der Waals surface area contributed by atoms with Crippen molar-refractivity contribution in [2.75, 3.05) is 0 Å². The van der Waals surface area contributed by atoms with Gasteiger partial charge in [-0.25, -0.2) is 12.1 Å². The van der Waals surface area contributed by atoms with Crippen molar-refractivity contribution in [1.82, 2.24) is 0 Å². The molecule has 1 rings (SSSR count). The quantitative estimate of drug-likeness (QED) is 0.439. The van der Waals surface area contributed by atoms with Crippen LogP contribution in [0.4, 0.5) is 0 Å². The molecule has 0 aromatic heterocycles. The maximum Gasteiger partial charge on any atom is 0 e. The molecular formula is C10H9CoO3-. The van der Waals surface area contributed by atoms with Gasteiger partial charge >= 0.3 is 22.6 Å². The van der Waals surface area contributed by atoms with Gasteiger partial charge in [0.1, 0.15) is 5.78 Å². The molecular weight excluding hydrogens is 227 g/mol. The standard InChI is InChI=1S/C8H9O.2CO.Co/c1-2-8(9)7-5-3-4-6-7;2*1-2;/h3-6H,2H2,1H3;;;/q-1;;;. The second-order valence-corrected chi connectivity index (χ2v) is 1.95. The van der Waals surface area contributed by atoms with Gasteiger partial charge in [-0.1, -0.05) is 12.5 Å². The summed E-state index contributed by atoms with van der Waals surface area (Å²) >= 11 is 0. The number of ketones is 1. The first-order valence-electron chi connectivity index (χ1n) is 3.50. The Bertz CT molecular complexity index is 253. The summed E-state index contributed by atoms with van der Waals surface area (Å²) in [5, 5.41) is 0. The molecule has 0 aliphatic carbocycles. The van der Waals surface area contributed by atoms with Crippen molar-refractivity contribution in [3.8, 4) is 0 Å². The Morgan fingerprint density at radius 2 is 1.57 bits per heavy atom. The summed E-state index contributed by atoms with van der Waals surface area (Å²) in [7, 11) is 0. The van der Waals surface area contributed by atoms with Crippen molar-refractivity contribution in [2.45, 2.75) is 13.3 Å². The molecule has 1 aromatic rings. The van der Waals surface area contributed by atoms with Crippen LogP contribution in [-0.4, -0.2) is 5.78 Å². The molecule has 1 radical (unpaired) electrons. The van der Waals surface area contributed by atoms with Gasteiger partial charge in [-0.05, 0) is 6.42 Å². The largest absolute Gasteiger partial charge is 0 e. The average molecular weight is 236 g/mol. The van der Waals surface area contributed by atoms with Gasteiger partial charge in [-0.2, -0.15) is 12.1 Å². The summed E-state index contributed by atoms with van der Waals surface area (Å²) in [6.07, 6.45) is 0.601. The Labute approximate surface area is 93.5 Å². The van der Waals surface area contributed by atoms with Crippen LogP contribution < -0.4 is 0 Å². The van der Waals surface area contributed by atoms with Crippen LogP contribution in [0.5, 0.6) is 0 Å². The van der Waals surface area contributed by atoms with Crippen molar-refractivity contribution in [1.29, 1.82) is 0 Å². The third-order valence-corrected chi connectivity index (χ3v) is 1.31. The number of carbonyl (C=O) groups is 1. The minimum atomic E-state index is 0. The van der Waals surface area contributed by atoms with E-state index in [0.29, 0.717) is 6.42 Å². The number of hydrogen-bond donors (Lipinski definition) is 0. The van der Waals surface area contributed by atoms with E-state index in [4.69, 9.17) is 9.30 Å². The number of Topliss-reactive ketones (excluding diaryl/α,β-unsaturated/α-hetero) is 1. The molecule has 14 heavy (non-hydrogen) atoms. The van der Waals surface area contributed by atoms with Gasteiger partial charge in [0.25, 0.3) is 0 Å². The molecule has 4 heteroatoms. The topological polar surface area (TPSA) is 56.9 Å². The van der Waals surface area contributed by atoms with Crippen LogP contribution in [0.25, 0.3) is 0 Å². The monoisotopic (exact) mass is 236 g/mol.